The molecule has 0 amide bonds. The van der Waals surface area contributed by atoms with Gasteiger partial charge in [0.05, 0.1) is 59.3 Å². The van der Waals surface area contributed by atoms with Crippen molar-refractivity contribution < 1.29 is 0 Å². The third kappa shape index (κ3) is 5.42. The van der Waals surface area contributed by atoms with Crippen LogP contribution < -0.4 is 0 Å². The minimum absolute atomic E-state index is 0.779. The molecular weight excluding hydrogens is 965 g/mol. The summed E-state index contributed by atoms with van der Waals surface area (Å²) in [6.45, 7) is 0. The van der Waals surface area contributed by atoms with Crippen molar-refractivity contribution in [3.63, 3.8) is 0 Å². The molecule has 0 spiro atoms. The molecule has 14 heterocycles. The van der Waals surface area contributed by atoms with Crippen molar-refractivity contribution in [2.45, 2.75) is 5.41 Å². The van der Waals surface area contributed by atoms with Gasteiger partial charge in [-0.3, -0.25) is 39.9 Å². The Morgan fingerprint density at radius 3 is 0.773 bits per heavy atom. The fourth-order valence-electron chi connectivity index (χ4n) is 12.4. The quantitative estimate of drug-likeness (QED) is 0.161. The molecule has 2 aromatic carbocycles. The van der Waals surface area contributed by atoms with Gasteiger partial charge in [0.2, 0.25) is 0 Å². The maximum Gasteiger partial charge on any atom is 0.101 e. The van der Waals surface area contributed by atoms with Crippen LogP contribution >= 0.6 is 22.7 Å². The highest BCUT2D eigenvalue weighted by molar-refractivity contribution is 7.25. The average Bonchev–Trinajstić information content (AvgIpc) is 4.38. The van der Waals surface area contributed by atoms with Gasteiger partial charge in [0, 0.05) is 154 Å². The van der Waals surface area contributed by atoms with Crippen LogP contribution in [0.1, 0.15) is 22.3 Å². The number of rotatable bonds is 6. The van der Waals surface area contributed by atoms with Gasteiger partial charge in [-0.05, 0) is 107 Å². The molecule has 1 aliphatic rings. The fourth-order valence-corrected chi connectivity index (χ4v) is 15.0. The Bertz CT molecular complexity index is 4510. The highest BCUT2D eigenvalue weighted by Gasteiger charge is 2.49. The summed E-state index contributed by atoms with van der Waals surface area (Å²) in [7, 11) is 0. The summed E-state index contributed by atoms with van der Waals surface area (Å²) in [6.07, 6.45) is 30.6. The molecule has 1 aliphatic carbocycles. The number of pyridine rings is 8. The molecule has 350 valence electrons. The monoisotopic (exact) mass is 998 g/mol. The van der Waals surface area contributed by atoms with Gasteiger partial charge >= 0.3 is 0 Å². The van der Waals surface area contributed by atoms with E-state index in [1.165, 1.54) is 20.9 Å². The third-order valence-electron chi connectivity index (χ3n) is 15.5. The topological polar surface area (TPSA) is 123 Å². The van der Waals surface area contributed by atoms with Crippen molar-refractivity contribution >= 4 is 110 Å². The van der Waals surface area contributed by atoms with E-state index in [1.807, 2.05) is 122 Å². The highest BCUT2D eigenvalue weighted by atomic mass is 32.1. The highest BCUT2D eigenvalue weighted by Crippen LogP contribution is 2.62. The number of nitrogens with zero attached hydrogens (tertiary/aromatic N) is 12. The number of fused-ring (bicyclic) bond motifs is 15. The van der Waals surface area contributed by atoms with Crippen molar-refractivity contribution in [3.8, 4) is 31.1 Å². The Morgan fingerprint density at radius 1 is 0.280 bits per heavy atom. The van der Waals surface area contributed by atoms with Crippen LogP contribution in [0.3, 0.4) is 0 Å². The van der Waals surface area contributed by atoms with E-state index in [0.717, 1.165) is 120 Å². The Hall–Kier alpha value is -9.76. The van der Waals surface area contributed by atoms with Gasteiger partial charge in [-0.25, -0.2) is 0 Å². The van der Waals surface area contributed by atoms with Gasteiger partial charge in [-0.2, -0.15) is 0 Å². The lowest BCUT2D eigenvalue weighted by Crippen LogP contribution is -2.28. The molecule has 16 aromatic rings. The van der Waals surface area contributed by atoms with Crippen LogP contribution in [-0.4, -0.2) is 58.1 Å². The minimum Gasteiger partial charge on any atom is -0.309 e. The molecule has 14 heteroatoms. The third-order valence-corrected chi connectivity index (χ3v) is 17.9. The van der Waals surface area contributed by atoms with E-state index in [1.54, 1.807) is 0 Å². The molecule has 0 saturated heterocycles. The lowest BCUT2D eigenvalue weighted by atomic mass is 9.68. The Morgan fingerprint density at radius 2 is 0.520 bits per heavy atom. The second-order valence-corrected chi connectivity index (χ2v) is 21.0. The molecule has 14 aromatic heterocycles. The summed E-state index contributed by atoms with van der Waals surface area (Å²) in [5.74, 6) is 0. The normalized spacial score (nSPS) is 13.2. The zero-order valence-corrected chi connectivity index (χ0v) is 40.9. The SMILES string of the molecule is c1cc2c(cn1)c1cnccc1n2-c1ccc(C2(c3ccc(-n4c5ccncc5c5cnccc54)cc3)c3cc(-n4c5ccncc5c5cnccc54)sc3-c3sc(-n4c5ccncc5c5cnccc54)cc32)cc1. The molecular formula is C61H34N12S2. The van der Waals surface area contributed by atoms with E-state index in [0.29, 0.717) is 0 Å². The first-order chi connectivity index (χ1) is 37.2. The summed E-state index contributed by atoms with van der Waals surface area (Å²) in [6, 6.07) is 40.2. The van der Waals surface area contributed by atoms with Gasteiger partial charge in [0.15, 0.2) is 0 Å². The second kappa shape index (κ2) is 15.1. The fraction of sp³-hybridized carbons (Fsp3) is 0.0164. The smallest absolute Gasteiger partial charge is 0.101 e. The maximum atomic E-state index is 4.58. The number of aromatic nitrogens is 12. The number of thiophene rings is 2. The maximum absolute atomic E-state index is 4.58. The van der Waals surface area contributed by atoms with Gasteiger partial charge in [0.1, 0.15) is 10.0 Å². The van der Waals surface area contributed by atoms with E-state index in [9.17, 15) is 0 Å². The summed E-state index contributed by atoms with van der Waals surface area (Å²) >= 11 is 3.68. The first-order valence-corrected chi connectivity index (χ1v) is 26.1. The van der Waals surface area contributed by atoms with Gasteiger partial charge in [-0.15, -0.1) is 22.7 Å². The average molecular weight is 999 g/mol. The summed E-state index contributed by atoms with van der Waals surface area (Å²) < 4.78 is 9.44. The van der Waals surface area contributed by atoms with Crippen molar-refractivity contribution in [3.05, 3.63) is 231 Å². The predicted octanol–water partition coefficient (Wildman–Crippen LogP) is 13.7. The molecule has 0 saturated carbocycles. The Kier molecular flexibility index (Phi) is 8.24. The van der Waals surface area contributed by atoms with Crippen LogP contribution in [0.2, 0.25) is 0 Å². The van der Waals surface area contributed by atoms with Crippen LogP contribution in [0.25, 0.3) is 118 Å². The first kappa shape index (κ1) is 40.8. The predicted molar refractivity (Wildman–Crippen MR) is 299 cm³/mol. The zero-order chi connectivity index (χ0) is 48.9. The lowest BCUT2D eigenvalue weighted by Gasteiger charge is -2.33. The summed E-state index contributed by atoms with van der Waals surface area (Å²) in [4.78, 5) is 38.9. The Labute approximate surface area is 432 Å². The molecule has 0 radical (unpaired) electrons. The van der Waals surface area contributed by atoms with E-state index >= 15 is 0 Å². The van der Waals surface area contributed by atoms with E-state index < -0.39 is 5.41 Å². The van der Waals surface area contributed by atoms with Gasteiger partial charge < -0.3 is 18.3 Å². The lowest BCUT2D eigenvalue weighted by molar-refractivity contribution is 0.770. The van der Waals surface area contributed by atoms with Crippen molar-refractivity contribution in [2.24, 2.45) is 0 Å². The largest absolute Gasteiger partial charge is 0.309 e. The van der Waals surface area contributed by atoms with Crippen LogP contribution in [0.15, 0.2) is 208 Å². The van der Waals surface area contributed by atoms with Crippen molar-refractivity contribution in [1.82, 2.24) is 58.1 Å². The van der Waals surface area contributed by atoms with Crippen molar-refractivity contribution in [1.29, 1.82) is 0 Å². The van der Waals surface area contributed by atoms with Crippen LogP contribution in [0.5, 0.6) is 0 Å². The van der Waals surface area contributed by atoms with Crippen LogP contribution in [0.4, 0.5) is 0 Å². The molecule has 17 rings (SSSR count). The minimum atomic E-state index is -0.779. The van der Waals surface area contributed by atoms with E-state index in [-0.39, 0.29) is 0 Å². The zero-order valence-electron chi connectivity index (χ0n) is 39.3. The van der Waals surface area contributed by atoms with E-state index in [2.05, 4.69) is 167 Å². The molecule has 75 heavy (non-hydrogen) atoms. The second-order valence-electron chi connectivity index (χ2n) is 19.0. The van der Waals surface area contributed by atoms with E-state index in [4.69, 9.17) is 0 Å². The Balaban J connectivity index is 0.963. The number of hydrogen-bond acceptors (Lipinski definition) is 10. The summed E-state index contributed by atoms with van der Waals surface area (Å²) in [5, 5.41) is 10.7. The van der Waals surface area contributed by atoms with Gasteiger partial charge in [0.25, 0.3) is 0 Å². The van der Waals surface area contributed by atoms with Gasteiger partial charge in [-0.1, -0.05) is 24.3 Å². The molecule has 0 fully saturated rings. The molecule has 12 nitrogen and oxygen atoms in total. The molecule has 0 bridgehead atoms. The number of benzene rings is 2. The van der Waals surface area contributed by atoms with Crippen LogP contribution in [0, 0.1) is 0 Å². The number of hydrogen-bond donors (Lipinski definition) is 0. The first-order valence-electron chi connectivity index (χ1n) is 24.5. The van der Waals surface area contributed by atoms with Crippen molar-refractivity contribution in [2.75, 3.05) is 0 Å². The standard InChI is InChI=1S/C61H34N12S2/c1-5-37(70-49-9-17-62-27-39(49)40-28-63-18-10-50(40)70)6-2-35(1)61(36-3-7-38(8-4-36)71-51-11-19-64-29-41(51)42-30-65-20-12-52(42)71)47-25-57(72-53-13-21-66-31-43(53)44-32-67-22-14-54(44)72)74-59(47)60-48(61)26-58(75-60)73-55-15-23-68-33-45(55)46-34-69-24-16-56(46)73/h1-34H. The van der Waals surface area contributed by atoms with Crippen LogP contribution in [-0.2, 0) is 5.41 Å². The molecule has 0 N–H and O–H groups in total. The molecule has 0 aliphatic heterocycles. The summed E-state index contributed by atoms with van der Waals surface area (Å²) in [5.41, 5.74) is 14.7. The molecule has 0 atom stereocenters. The molecule has 0 unspecified atom stereocenters.